The van der Waals surface area contributed by atoms with Crippen LogP contribution in [0.1, 0.15) is 29.8 Å². The number of anilines is 1. The Morgan fingerprint density at radius 3 is 2.23 bits per heavy atom. The molecule has 0 bridgehead atoms. The van der Waals surface area contributed by atoms with E-state index in [0.29, 0.717) is 12.6 Å². The summed E-state index contributed by atoms with van der Waals surface area (Å²) < 4.78 is 5.89. The highest BCUT2D eigenvalue weighted by Crippen LogP contribution is 2.31. The number of aliphatic imine (C=N–C) groups is 2. The monoisotopic (exact) mass is 399 g/mol. The van der Waals surface area contributed by atoms with E-state index in [1.54, 1.807) is 0 Å². The lowest BCUT2D eigenvalue weighted by Crippen LogP contribution is -2.44. The summed E-state index contributed by atoms with van der Waals surface area (Å²) in [6, 6.07) is 26.1. The van der Waals surface area contributed by atoms with Crippen molar-refractivity contribution in [2.45, 2.75) is 26.1 Å². The van der Waals surface area contributed by atoms with E-state index in [4.69, 9.17) is 16.2 Å². The third-order valence-electron chi connectivity index (χ3n) is 5.02. The van der Waals surface area contributed by atoms with E-state index in [1.807, 2.05) is 71.6 Å². The second-order valence-corrected chi connectivity index (χ2v) is 7.06. The Morgan fingerprint density at radius 2 is 1.57 bits per heavy atom. The number of rotatable bonds is 6. The van der Waals surface area contributed by atoms with Crippen LogP contribution in [-0.4, -0.2) is 11.9 Å². The molecule has 6 nitrogen and oxygen atoms in total. The van der Waals surface area contributed by atoms with Crippen LogP contribution in [0.2, 0.25) is 0 Å². The molecule has 1 aliphatic rings. The Hall–Kier alpha value is -3.80. The number of aryl methyl sites for hydroxylation is 1. The molecule has 30 heavy (non-hydrogen) atoms. The molecule has 3 aromatic carbocycles. The van der Waals surface area contributed by atoms with Gasteiger partial charge in [-0.05, 0) is 47.4 Å². The lowest BCUT2D eigenvalue weighted by atomic mass is 10.1. The zero-order valence-corrected chi connectivity index (χ0v) is 16.9. The maximum absolute atomic E-state index is 6.23. The average Bonchev–Trinajstić information content (AvgIpc) is 2.78. The first-order valence-electron chi connectivity index (χ1n) is 9.96. The van der Waals surface area contributed by atoms with Crippen LogP contribution in [0.15, 0.2) is 88.8 Å². The van der Waals surface area contributed by atoms with Crippen LogP contribution in [0.4, 0.5) is 5.69 Å². The van der Waals surface area contributed by atoms with Gasteiger partial charge >= 0.3 is 0 Å². The van der Waals surface area contributed by atoms with Crippen molar-refractivity contribution in [3.63, 3.8) is 0 Å². The molecule has 0 aliphatic carbocycles. The zero-order valence-electron chi connectivity index (χ0n) is 16.9. The largest absolute Gasteiger partial charge is 0.489 e. The number of nitrogens with two attached hydrogens (primary N) is 2. The third kappa shape index (κ3) is 4.27. The van der Waals surface area contributed by atoms with E-state index < -0.39 is 6.17 Å². The van der Waals surface area contributed by atoms with Gasteiger partial charge in [-0.3, -0.25) is 4.90 Å². The summed E-state index contributed by atoms with van der Waals surface area (Å²) in [5.74, 6) is 1.28. The van der Waals surface area contributed by atoms with Gasteiger partial charge < -0.3 is 16.2 Å². The predicted molar refractivity (Wildman–Crippen MR) is 122 cm³/mol. The molecule has 0 saturated heterocycles. The third-order valence-corrected chi connectivity index (χ3v) is 5.02. The molecule has 0 saturated carbocycles. The fourth-order valence-corrected chi connectivity index (χ4v) is 3.37. The molecule has 0 spiro atoms. The van der Waals surface area contributed by atoms with Gasteiger partial charge in [-0.2, -0.15) is 4.99 Å². The number of ether oxygens (including phenoxy) is 1. The summed E-state index contributed by atoms with van der Waals surface area (Å²) >= 11 is 0. The summed E-state index contributed by atoms with van der Waals surface area (Å²) in [6.45, 7) is 2.64. The first-order chi connectivity index (χ1) is 14.6. The van der Waals surface area contributed by atoms with Gasteiger partial charge in [0.25, 0.3) is 0 Å². The Bertz CT molecular complexity index is 1040. The predicted octanol–water partition coefficient (Wildman–Crippen LogP) is 3.98. The Labute approximate surface area is 176 Å². The van der Waals surface area contributed by atoms with Gasteiger partial charge in [-0.1, -0.05) is 61.5 Å². The van der Waals surface area contributed by atoms with Crippen molar-refractivity contribution in [3.8, 4) is 5.75 Å². The molecular formula is C24H25N5O. The van der Waals surface area contributed by atoms with Gasteiger partial charge in [-0.15, -0.1) is 0 Å². The maximum Gasteiger partial charge on any atom is 0.221 e. The van der Waals surface area contributed by atoms with E-state index in [9.17, 15) is 0 Å². The smallest absolute Gasteiger partial charge is 0.221 e. The van der Waals surface area contributed by atoms with E-state index >= 15 is 0 Å². The Balaban J connectivity index is 1.55. The minimum Gasteiger partial charge on any atom is -0.489 e. The lowest BCUT2D eigenvalue weighted by molar-refractivity contribution is 0.306. The highest BCUT2D eigenvalue weighted by Gasteiger charge is 2.27. The molecule has 3 aromatic rings. The van der Waals surface area contributed by atoms with Crippen molar-refractivity contribution >= 4 is 17.6 Å². The molecule has 1 heterocycles. The zero-order chi connectivity index (χ0) is 20.9. The average molecular weight is 399 g/mol. The van der Waals surface area contributed by atoms with Gasteiger partial charge in [0.05, 0.1) is 0 Å². The van der Waals surface area contributed by atoms with Crippen LogP contribution in [0, 0.1) is 0 Å². The number of hydrogen-bond acceptors (Lipinski definition) is 6. The van der Waals surface area contributed by atoms with Gasteiger partial charge in [0.15, 0.2) is 6.17 Å². The van der Waals surface area contributed by atoms with Crippen LogP contribution >= 0.6 is 0 Å². The topological polar surface area (TPSA) is 89.2 Å². The van der Waals surface area contributed by atoms with Crippen LogP contribution in [0.5, 0.6) is 5.75 Å². The first-order valence-corrected chi connectivity index (χ1v) is 9.96. The second kappa shape index (κ2) is 8.69. The number of benzene rings is 3. The van der Waals surface area contributed by atoms with Crippen LogP contribution < -0.4 is 21.1 Å². The highest BCUT2D eigenvalue weighted by molar-refractivity contribution is 6.04. The summed E-state index contributed by atoms with van der Waals surface area (Å²) in [6.07, 6.45) is 0.584. The molecule has 1 unspecified atom stereocenters. The minimum atomic E-state index is -0.391. The van der Waals surface area contributed by atoms with E-state index in [1.165, 1.54) is 5.56 Å². The molecule has 0 fully saturated rings. The Morgan fingerprint density at radius 1 is 0.867 bits per heavy atom. The van der Waals surface area contributed by atoms with Crippen molar-refractivity contribution in [1.82, 2.24) is 0 Å². The summed E-state index contributed by atoms with van der Waals surface area (Å²) in [4.78, 5) is 10.6. The normalized spacial score (nSPS) is 16.0. The van der Waals surface area contributed by atoms with Gasteiger partial charge in [-0.25, -0.2) is 4.99 Å². The highest BCUT2D eigenvalue weighted by atomic mass is 16.5. The van der Waals surface area contributed by atoms with Crippen molar-refractivity contribution in [3.05, 3.63) is 95.6 Å². The van der Waals surface area contributed by atoms with Crippen LogP contribution in [0.3, 0.4) is 0 Å². The first kappa shape index (κ1) is 19.5. The summed E-state index contributed by atoms with van der Waals surface area (Å²) in [5.41, 5.74) is 16.4. The number of nitrogens with zero attached hydrogens (tertiary/aromatic N) is 3. The summed E-state index contributed by atoms with van der Waals surface area (Å²) in [7, 11) is 0. The molecule has 6 heteroatoms. The fourth-order valence-electron chi connectivity index (χ4n) is 3.37. The van der Waals surface area contributed by atoms with Crippen molar-refractivity contribution < 1.29 is 4.74 Å². The molecule has 4 rings (SSSR count). The van der Waals surface area contributed by atoms with Crippen LogP contribution in [0.25, 0.3) is 0 Å². The fraction of sp³-hybridized carbons (Fsp3) is 0.167. The molecule has 0 aromatic heterocycles. The number of guanidine groups is 2. The van der Waals surface area contributed by atoms with Crippen molar-refractivity contribution in [2.24, 2.45) is 21.5 Å². The lowest BCUT2D eigenvalue weighted by Gasteiger charge is -2.33. The van der Waals surface area contributed by atoms with Gasteiger partial charge in [0, 0.05) is 5.69 Å². The van der Waals surface area contributed by atoms with Crippen molar-refractivity contribution in [2.75, 3.05) is 4.90 Å². The molecule has 152 valence electrons. The second-order valence-electron chi connectivity index (χ2n) is 7.06. The molecule has 1 atom stereocenters. The molecule has 0 amide bonds. The van der Waals surface area contributed by atoms with Crippen LogP contribution in [-0.2, 0) is 13.0 Å². The van der Waals surface area contributed by atoms with E-state index in [-0.39, 0.29) is 5.96 Å². The maximum atomic E-state index is 6.23. The standard InChI is InChI=1S/C24H25N5O/c1-2-17-8-12-20(13-9-17)29-22(27-23(25)28-24(29)26)19-10-14-21(15-11-19)30-16-18-6-4-3-5-7-18/h3-15,22H,2,16H2,1H3,(H4,25,26,27,28). The number of hydrogen-bond donors (Lipinski definition) is 2. The molecular weight excluding hydrogens is 374 g/mol. The molecule has 0 radical (unpaired) electrons. The summed E-state index contributed by atoms with van der Waals surface area (Å²) in [5, 5.41) is 0. The molecule has 4 N–H and O–H groups in total. The SMILES string of the molecule is CCc1ccc(N2C(N)=NC(N)=NC2c2ccc(OCc3ccccc3)cc2)cc1. The van der Waals surface area contributed by atoms with E-state index in [2.05, 4.69) is 29.0 Å². The van der Waals surface area contributed by atoms with Crippen molar-refractivity contribution in [1.29, 1.82) is 0 Å². The van der Waals surface area contributed by atoms with Gasteiger partial charge in [0.1, 0.15) is 12.4 Å². The Kier molecular flexibility index (Phi) is 5.66. The minimum absolute atomic E-state index is 0.170. The van der Waals surface area contributed by atoms with E-state index in [0.717, 1.165) is 29.0 Å². The quantitative estimate of drug-likeness (QED) is 0.656. The molecule has 1 aliphatic heterocycles. The van der Waals surface area contributed by atoms with Gasteiger partial charge in [0.2, 0.25) is 11.9 Å².